The summed E-state index contributed by atoms with van der Waals surface area (Å²) in [6.07, 6.45) is 0. The minimum Gasteiger partial charge on any atom is -0.453 e. The average molecular weight is 533 g/mol. The van der Waals surface area contributed by atoms with Crippen molar-refractivity contribution in [3.63, 3.8) is 0 Å². The number of ether oxygens (including phenoxy) is 1. The molecule has 8 rings (SSSR count). The van der Waals surface area contributed by atoms with E-state index >= 15 is 0 Å². The van der Waals surface area contributed by atoms with E-state index in [4.69, 9.17) is 4.74 Å². The van der Waals surface area contributed by atoms with Crippen molar-refractivity contribution in [3.05, 3.63) is 146 Å². The summed E-state index contributed by atoms with van der Waals surface area (Å²) in [6, 6.07) is 51.1. The summed E-state index contributed by atoms with van der Waals surface area (Å²) in [5, 5.41) is 2.60. The molecule has 6 aromatic carbocycles. The molecule has 0 fully saturated rings. The van der Waals surface area contributed by atoms with Crippen LogP contribution >= 0.6 is 11.3 Å². The standard InChI is InChI=1S/C36H24N2OS/c1-3-11-25(12-4-1)37(26-13-5-2-6-14-26)27-20-22-32-34(23-27)39-33-17-9-8-16-31(33)38(32)28-19-21-30-29-15-7-10-18-35(29)40-36(30)24-28/h1-24H. The predicted octanol–water partition coefficient (Wildman–Crippen LogP) is 11.1. The van der Waals surface area contributed by atoms with Crippen molar-refractivity contribution in [2.75, 3.05) is 9.80 Å². The Morgan fingerprint density at radius 3 is 1.93 bits per heavy atom. The first kappa shape index (κ1) is 22.9. The van der Waals surface area contributed by atoms with Crippen LogP contribution in [0.1, 0.15) is 0 Å². The summed E-state index contributed by atoms with van der Waals surface area (Å²) in [6.45, 7) is 0. The maximum atomic E-state index is 6.56. The van der Waals surface area contributed by atoms with Gasteiger partial charge in [0.2, 0.25) is 0 Å². The SMILES string of the molecule is c1ccc(N(c2ccccc2)c2ccc3c(c2)Oc2ccccc2N3c2ccc3c(c2)sc2ccccc23)cc1. The molecule has 0 saturated heterocycles. The number of fused-ring (bicyclic) bond motifs is 5. The fourth-order valence-electron chi connectivity index (χ4n) is 5.62. The second-order valence-corrected chi connectivity index (χ2v) is 10.9. The molecule has 0 saturated carbocycles. The molecule has 3 nitrogen and oxygen atoms in total. The Morgan fingerprint density at radius 2 is 1.12 bits per heavy atom. The van der Waals surface area contributed by atoms with Gasteiger partial charge in [0.25, 0.3) is 0 Å². The third-order valence-electron chi connectivity index (χ3n) is 7.42. The molecule has 0 unspecified atom stereocenters. The van der Waals surface area contributed by atoms with Gasteiger partial charge in [0.15, 0.2) is 11.5 Å². The van der Waals surface area contributed by atoms with Crippen LogP contribution in [0.3, 0.4) is 0 Å². The summed E-state index contributed by atoms with van der Waals surface area (Å²) in [5.41, 5.74) is 6.39. The Kier molecular flexibility index (Phi) is 5.32. The molecule has 1 aliphatic heterocycles. The van der Waals surface area contributed by atoms with Crippen molar-refractivity contribution in [3.8, 4) is 11.5 Å². The smallest absolute Gasteiger partial charge is 0.153 e. The Hall–Kier alpha value is -5.06. The van der Waals surface area contributed by atoms with Gasteiger partial charge in [0.05, 0.1) is 11.4 Å². The lowest BCUT2D eigenvalue weighted by Crippen LogP contribution is -2.16. The Balaban J connectivity index is 1.29. The molecule has 190 valence electrons. The molecule has 0 aliphatic carbocycles. The van der Waals surface area contributed by atoms with Gasteiger partial charge in [-0.2, -0.15) is 0 Å². The van der Waals surface area contributed by atoms with E-state index in [0.717, 1.165) is 45.6 Å². The van der Waals surface area contributed by atoms with Gasteiger partial charge in [-0.05, 0) is 66.7 Å². The van der Waals surface area contributed by atoms with E-state index in [1.807, 2.05) is 35.6 Å². The summed E-state index contributed by atoms with van der Waals surface area (Å²) in [7, 11) is 0. The summed E-state index contributed by atoms with van der Waals surface area (Å²) < 4.78 is 9.15. The fourth-order valence-corrected chi connectivity index (χ4v) is 6.76. The van der Waals surface area contributed by atoms with Crippen LogP contribution in [0.2, 0.25) is 0 Å². The van der Waals surface area contributed by atoms with E-state index in [1.54, 1.807) is 0 Å². The van der Waals surface area contributed by atoms with E-state index in [-0.39, 0.29) is 0 Å². The van der Waals surface area contributed by atoms with Crippen molar-refractivity contribution in [2.45, 2.75) is 0 Å². The maximum absolute atomic E-state index is 6.56. The molecule has 0 radical (unpaired) electrons. The number of para-hydroxylation sites is 4. The van der Waals surface area contributed by atoms with Crippen molar-refractivity contribution < 1.29 is 4.74 Å². The van der Waals surface area contributed by atoms with Crippen LogP contribution in [-0.4, -0.2) is 0 Å². The number of nitrogens with zero attached hydrogens (tertiary/aromatic N) is 2. The van der Waals surface area contributed by atoms with Gasteiger partial charge in [-0.25, -0.2) is 0 Å². The Bertz CT molecular complexity index is 1960. The third kappa shape index (κ3) is 3.73. The van der Waals surface area contributed by atoms with Crippen LogP contribution in [0, 0.1) is 0 Å². The monoisotopic (exact) mass is 532 g/mol. The lowest BCUT2D eigenvalue weighted by atomic mass is 10.1. The molecule has 0 bridgehead atoms. The van der Waals surface area contributed by atoms with Crippen LogP contribution in [0.5, 0.6) is 11.5 Å². The molecule has 40 heavy (non-hydrogen) atoms. The van der Waals surface area contributed by atoms with Gasteiger partial charge < -0.3 is 14.5 Å². The fraction of sp³-hybridized carbons (Fsp3) is 0. The zero-order valence-corrected chi connectivity index (χ0v) is 22.4. The second-order valence-electron chi connectivity index (χ2n) is 9.84. The molecule has 1 aromatic heterocycles. The predicted molar refractivity (Wildman–Crippen MR) is 169 cm³/mol. The first-order valence-electron chi connectivity index (χ1n) is 13.4. The van der Waals surface area contributed by atoms with Gasteiger partial charge in [-0.1, -0.05) is 72.8 Å². The molecule has 0 N–H and O–H groups in total. The molecule has 0 atom stereocenters. The highest BCUT2D eigenvalue weighted by atomic mass is 32.1. The van der Waals surface area contributed by atoms with Crippen LogP contribution in [-0.2, 0) is 0 Å². The quantitative estimate of drug-likeness (QED) is 0.224. The third-order valence-corrected chi connectivity index (χ3v) is 8.55. The molecule has 4 heteroatoms. The summed E-state index contributed by atoms with van der Waals surface area (Å²) in [4.78, 5) is 4.58. The number of hydrogen-bond donors (Lipinski definition) is 0. The summed E-state index contributed by atoms with van der Waals surface area (Å²) in [5.74, 6) is 1.67. The Labute approximate surface area is 236 Å². The number of hydrogen-bond acceptors (Lipinski definition) is 4. The topological polar surface area (TPSA) is 15.7 Å². The van der Waals surface area contributed by atoms with Crippen molar-refractivity contribution in [1.82, 2.24) is 0 Å². The molecule has 1 aliphatic rings. The molecule has 0 amide bonds. The van der Waals surface area contributed by atoms with Gasteiger partial charge in [0, 0.05) is 49.0 Å². The number of anilines is 6. The Morgan fingerprint density at radius 1 is 0.475 bits per heavy atom. The van der Waals surface area contributed by atoms with E-state index in [0.29, 0.717) is 0 Å². The van der Waals surface area contributed by atoms with Crippen LogP contribution in [0.4, 0.5) is 34.1 Å². The first-order chi connectivity index (χ1) is 19.8. The maximum Gasteiger partial charge on any atom is 0.153 e. The normalized spacial score (nSPS) is 12.2. The highest BCUT2D eigenvalue weighted by Crippen LogP contribution is 2.52. The van der Waals surface area contributed by atoms with Gasteiger partial charge >= 0.3 is 0 Å². The largest absolute Gasteiger partial charge is 0.453 e. The van der Waals surface area contributed by atoms with Crippen molar-refractivity contribution >= 4 is 65.6 Å². The van der Waals surface area contributed by atoms with Gasteiger partial charge in [-0.3, -0.25) is 0 Å². The molecule has 7 aromatic rings. The molecule has 0 spiro atoms. The highest BCUT2D eigenvalue weighted by molar-refractivity contribution is 7.25. The minimum absolute atomic E-state index is 0.824. The van der Waals surface area contributed by atoms with Crippen molar-refractivity contribution in [1.29, 1.82) is 0 Å². The van der Waals surface area contributed by atoms with Gasteiger partial charge in [0.1, 0.15) is 0 Å². The second kappa shape index (κ2) is 9.30. The molecular formula is C36H24N2OS. The van der Waals surface area contributed by atoms with Crippen LogP contribution in [0.15, 0.2) is 146 Å². The minimum atomic E-state index is 0.824. The lowest BCUT2D eigenvalue weighted by Gasteiger charge is -2.34. The summed E-state index contributed by atoms with van der Waals surface area (Å²) >= 11 is 1.84. The van der Waals surface area contributed by atoms with E-state index in [2.05, 4.69) is 131 Å². The first-order valence-corrected chi connectivity index (χ1v) is 14.2. The van der Waals surface area contributed by atoms with Crippen LogP contribution < -0.4 is 14.5 Å². The zero-order chi connectivity index (χ0) is 26.5. The molecule has 2 heterocycles. The average Bonchev–Trinajstić information content (AvgIpc) is 3.39. The lowest BCUT2D eigenvalue weighted by molar-refractivity contribution is 0.477. The number of thiophene rings is 1. The number of rotatable bonds is 4. The van der Waals surface area contributed by atoms with Crippen molar-refractivity contribution in [2.24, 2.45) is 0 Å². The highest BCUT2D eigenvalue weighted by Gasteiger charge is 2.27. The van der Waals surface area contributed by atoms with E-state index in [9.17, 15) is 0 Å². The van der Waals surface area contributed by atoms with Crippen LogP contribution in [0.25, 0.3) is 20.2 Å². The van der Waals surface area contributed by atoms with E-state index < -0.39 is 0 Å². The van der Waals surface area contributed by atoms with Gasteiger partial charge in [-0.15, -0.1) is 11.3 Å². The van der Waals surface area contributed by atoms with E-state index in [1.165, 1.54) is 20.2 Å². The number of benzene rings is 6. The zero-order valence-electron chi connectivity index (χ0n) is 21.6. The molecular weight excluding hydrogens is 508 g/mol.